The third-order valence-electron chi connectivity index (χ3n) is 7.02. The lowest BCUT2D eigenvalue weighted by Gasteiger charge is -2.46. The van der Waals surface area contributed by atoms with Crippen molar-refractivity contribution in [3.8, 4) is 17.0 Å². The maximum atomic E-state index is 5.41. The number of fused-ring (bicyclic) bond motifs is 2. The van der Waals surface area contributed by atoms with Crippen LogP contribution in [0.15, 0.2) is 43.0 Å². The SMILES string of the molecule is COc1ncnc2ccc(-c3ccn4nc(N[C@H]5C[C@@H](N6CCN(C)CC6)C5)ncc34)cc12. The van der Waals surface area contributed by atoms with Gasteiger partial charge in [0.15, 0.2) is 0 Å². The number of rotatable bonds is 5. The molecule has 3 aromatic heterocycles. The molecule has 0 radical (unpaired) electrons. The molecule has 1 aliphatic heterocycles. The fourth-order valence-corrected chi connectivity index (χ4v) is 4.95. The van der Waals surface area contributed by atoms with Gasteiger partial charge in [0.05, 0.1) is 29.7 Å². The average molecular weight is 445 g/mol. The van der Waals surface area contributed by atoms with E-state index in [1.165, 1.54) is 32.5 Å². The number of piperazine rings is 1. The molecule has 9 heteroatoms. The second kappa shape index (κ2) is 8.24. The summed E-state index contributed by atoms with van der Waals surface area (Å²) in [5.41, 5.74) is 3.93. The topological polar surface area (TPSA) is 83.7 Å². The Morgan fingerprint density at radius 2 is 1.88 bits per heavy atom. The lowest BCUT2D eigenvalue weighted by Crippen LogP contribution is -2.55. The number of anilines is 1. The molecule has 9 nitrogen and oxygen atoms in total. The van der Waals surface area contributed by atoms with E-state index < -0.39 is 0 Å². The highest BCUT2D eigenvalue weighted by atomic mass is 16.5. The number of nitrogens with zero attached hydrogens (tertiary/aromatic N) is 7. The van der Waals surface area contributed by atoms with Gasteiger partial charge in [0, 0.05) is 50.0 Å². The van der Waals surface area contributed by atoms with Crippen LogP contribution in [-0.4, -0.2) is 86.8 Å². The molecular formula is C24H28N8O. The summed E-state index contributed by atoms with van der Waals surface area (Å²) in [6.07, 6.45) is 7.71. The van der Waals surface area contributed by atoms with E-state index in [4.69, 9.17) is 9.84 Å². The van der Waals surface area contributed by atoms with Gasteiger partial charge in [0.25, 0.3) is 0 Å². The summed E-state index contributed by atoms with van der Waals surface area (Å²) in [6.45, 7) is 4.69. The largest absolute Gasteiger partial charge is 0.480 e. The summed E-state index contributed by atoms with van der Waals surface area (Å²) >= 11 is 0. The number of benzene rings is 1. The average Bonchev–Trinajstić information content (AvgIpc) is 3.24. The zero-order chi connectivity index (χ0) is 22.4. The maximum Gasteiger partial charge on any atom is 0.241 e. The predicted octanol–water partition coefficient (Wildman–Crippen LogP) is 2.54. The molecule has 0 unspecified atom stereocenters. The van der Waals surface area contributed by atoms with Gasteiger partial charge in [-0.05, 0) is 43.7 Å². The van der Waals surface area contributed by atoms with Gasteiger partial charge in [-0.1, -0.05) is 6.07 Å². The van der Waals surface area contributed by atoms with E-state index >= 15 is 0 Å². The molecule has 170 valence electrons. The first-order valence-corrected chi connectivity index (χ1v) is 11.5. The molecule has 33 heavy (non-hydrogen) atoms. The molecule has 0 spiro atoms. The maximum absolute atomic E-state index is 5.41. The Balaban J connectivity index is 1.18. The van der Waals surface area contributed by atoms with E-state index in [-0.39, 0.29) is 0 Å². The summed E-state index contributed by atoms with van der Waals surface area (Å²) < 4.78 is 7.31. The van der Waals surface area contributed by atoms with Crippen LogP contribution < -0.4 is 10.1 Å². The third kappa shape index (κ3) is 3.77. The number of methoxy groups -OCH3 is 1. The summed E-state index contributed by atoms with van der Waals surface area (Å²) in [6, 6.07) is 9.30. The van der Waals surface area contributed by atoms with Crippen molar-refractivity contribution < 1.29 is 4.74 Å². The van der Waals surface area contributed by atoms with E-state index in [1.54, 1.807) is 7.11 Å². The van der Waals surface area contributed by atoms with Crippen molar-refractivity contribution in [1.82, 2.24) is 34.4 Å². The first-order chi connectivity index (χ1) is 16.2. The molecule has 0 bridgehead atoms. The molecule has 6 rings (SSSR count). The number of aromatic nitrogens is 5. The van der Waals surface area contributed by atoms with E-state index in [9.17, 15) is 0 Å². The smallest absolute Gasteiger partial charge is 0.241 e. The van der Waals surface area contributed by atoms with Gasteiger partial charge in [-0.15, -0.1) is 5.10 Å². The molecule has 2 aliphatic rings. The van der Waals surface area contributed by atoms with Crippen LogP contribution in [0.2, 0.25) is 0 Å². The van der Waals surface area contributed by atoms with Crippen LogP contribution in [0, 0.1) is 0 Å². The number of likely N-dealkylation sites (N-methyl/N-ethyl adjacent to an activating group) is 1. The molecular weight excluding hydrogens is 416 g/mol. The Morgan fingerprint density at radius 1 is 1.03 bits per heavy atom. The molecule has 2 fully saturated rings. The molecule has 0 amide bonds. The molecule has 4 aromatic rings. The minimum atomic E-state index is 0.440. The van der Waals surface area contributed by atoms with Gasteiger partial charge in [-0.2, -0.15) is 0 Å². The first kappa shape index (κ1) is 20.3. The fraction of sp³-hybridized carbons (Fsp3) is 0.417. The van der Waals surface area contributed by atoms with Gasteiger partial charge in [-0.3, -0.25) is 4.90 Å². The Hall–Kier alpha value is -3.30. The zero-order valence-corrected chi connectivity index (χ0v) is 19.0. The van der Waals surface area contributed by atoms with Crippen LogP contribution in [0.5, 0.6) is 5.88 Å². The van der Waals surface area contributed by atoms with Crippen LogP contribution in [0.3, 0.4) is 0 Å². The van der Waals surface area contributed by atoms with Crippen molar-refractivity contribution in [2.75, 3.05) is 45.7 Å². The van der Waals surface area contributed by atoms with Crippen molar-refractivity contribution in [3.63, 3.8) is 0 Å². The zero-order valence-electron chi connectivity index (χ0n) is 19.0. The van der Waals surface area contributed by atoms with E-state index in [0.717, 1.165) is 40.4 Å². The number of ether oxygens (including phenoxy) is 1. The van der Waals surface area contributed by atoms with Crippen LogP contribution >= 0.6 is 0 Å². The van der Waals surface area contributed by atoms with Gasteiger partial charge in [0.2, 0.25) is 11.8 Å². The number of hydrogen-bond acceptors (Lipinski definition) is 8. The predicted molar refractivity (Wildman–Crippen MR) is 128 cm³/mol. The van der Waals surface area contributed by atoms with E-state index in [1.807, 2.05) is 23.0 Å². The molecule has 0 atom stereocenters. The van der Waals surface area contributed by atoms with Gasteiger partial charge >= 0.3 is 0 Å². The summed E-state index contributed by atoms with van der Waals surface area (Å²) in [5.74, 6) is 1.25. The molecule has 1 aliphatic carbocycles. The fourth-order valence-electron chi connectivity index (χ4n) is 4.95. The normalized spacial score (nSPS) is 21.9. The lowest BCUT2D eigenvalue weighted by molar-refractivity contribution is 0.0656. The Bertz CT molecular complexity index is 1290. The van der Waals surface area contributed by atoms with Crippen molar-refractivity contribution in [2.24, 2.45) is 0 Å². The van der Waals surface area contributed by atoms with Crippen molar-refractivity contribution in [3.05, 3.63) is 43.0 Å². The Kier molecular flexibility index (Phi) is 5.07. The number of nitrogens with one attached hydrogen (secondary N) is 1. The monoisotopic (exact) mass is 444 g/mol. The second-order valence-electron chi connectivity index (χ2n) is 9.06. The van der Waals surface area contributed by atoms with E-state index in [0.29, 0.717) is 23.9 Å². The van der Waals surface area contributed by atoms with Gasteiger partial charge < -0.3 is 15.0 Å². The van der Waals surface area contributed by atoms with Crippen LogP contribution in [-0.2, 0) is 0 Å². The summed E-state index contributed by atoms with van der Waals surface area (Å²) in [4.78, 5) is 18.2. The van der Waals surface area contributed by atoms with Gasteiger partial charge in [0.1, 0.15) is 6.33 Å². The quantitative estimate of drug-likeness (QED) is 0.503. The Labute approximate surface area is 192 Å². The lowest BCUT2D eigenvalue weighted by atomic mass is 9.85. The van der Waals surface area contributed by atoms with Gasteiger partial charge in [-0.25, -0.2) is 19.5 Å². The van der Waals surface area contributed by atoms with Crippen LogP contribution in [0.1, 0.15) is 12.8 Å². The molecule has 1 saturated carbocycles. The summed E-state index contributed by atoms with van der Waals surface area (Å²) in [7, 11) is 3.83. The standard InChI is InChI=1S/C24H28N8O/c1-30-7-9-31(10-8-30)18-12-17(13-18)28-24-25-14-22-19(5-6-32(22)29-24)16-3-4-21-20(11-16)23(33-2)27-15-26-21/h3-6,11,14-15,17-18H,7-10,12-13H2,1-2H3,(H,28,29)/t17-,18+. The molecule has 4 heterocycles. The second-order valence-corrected chi connectivity index (χ2v) is 9.06. The first-order valence-electron chi connectivity index (χ1n) is 11.5. The highest BCUT2D eigenvalue weighted by Gasteiger charge is 2.35. The van der Waals surface area contributed by atoms with Crippen molar-refractivity contribution >= 4 is 22.4 Å². The highest BCUT2D eigenvalue weighted by Crippen LogP contribution is 2.31. The third-order valence-corrected chi connectivity index (χ3v) is 7.02. The number of hydrogen-bond donors (Lipinski definition) is 1. The minimum Gasteiger partial charge on any atom is -0.480 e. The van der Waals surface area contributed by atoms with E-state index in [2.05, 4.69) is 55.3 Å². The van der Waals surface area contributed by atoms with Crippen LogP contribution in [0.4, 0.5) is 5.95 Å². The molecule has 1 aromatic carbocycles. The Morgan fingerprint density at radius 3 is 2.70 bits per heavy atom. The highest BCUT2D eigenvalue weighted by molar-refractivity contribution is 5.91. The molecule has 1 saturated heterocycles. The van der Waals surface area contributed by atoms with Crippen molar-refractivity contribution in [1.29, 1.82) is 0 Å². The van der Waals surface area contributed by atoms with Crippen molar-refractivity contribution in [2.45, 2.75) is 24.9 Å². The minimum absolute atomic E-state index is 0.440. The summed E-state index contributed by atoms with van der Waals surface area (Å²) in [5, 5.41) is 9.12. The molecule has 1 N–H and O–H groups in total. The van der Waals surface area contributed by atoms with Crippen LogP contribution in [0.25, 0.3) is 27.5 Å².